The summed E-state index contributed by atoms with van der Waals surface area (Å²) >= 11 is 0. The number of fused-ring (bicyclic) bond motifs is 1. The molecular formula is C22H26N4O3. The van der Waals surface area contributed by atoms with Crippen LogP contribution in [-0.2, 0) is 22.4 Å². The van der Waals surface area contributed by atoms with Gasteiger partial charge in [0.25, 0.3) is 0 Å². The van der Waals surface area contributed by atoms with Gasteiger partial charge in [-0.05, 0) is 61.1 Å². The van der Waals surface area contributed by atoms with Gasteiger partial charge in [-0.3, -0.25) is 4.79 Å². The van der Waals surface area contributed by atoms with Gasteiger partial charge in [0.05, 0.1) is 13.2 Å². The minimum absolute atomic E-state index is 0.151. The maximum Gasteiger partial charge on any atom is 0.323 e. The number of urea groups is 1. The molecule has 1 heterocycles. The molecule has 1 aliphatic heterocycles. The van der Waals surface area contributed by atoms with E-state index in [0.717, 1.165) is 24.9 Å². The number of carbonyl (C=O) groups excluding carboxylic acids is 2. The van der Waals surface area contributed by atoms with Gasteiger partial charge in [-0.1, -0.05) is 18.2 Å². The molecule has 3 amide bonds. The van der Waals surface area contributed by atoms with Crippen LogP contribution in [0.1, 0.15) is 24.0 Å². The number of carbonyl (C=O) groups is 2. The Hall–Kier alpha value is -2.90. The zero-order chi connectivity index (χ0) is 20.1. The van der Waals surface area contributed by atoms with Crippen molar-refractivity contribution in [3.8, 4) is 0 Å². The third kappa shape index (κ3) is 4.93. The number of anilines is 3. The van der Waals surface area contributed by atoms with Gasteiger partial charge in [0.15, 0.2) is 0 Å². The van der Waals surface area contributed by atoms with Crippen molar-refractivity contribution in [2.45, 2.75) is 31.7 Å². The lowest BCUT2D eigenvalue weighted by Crippen LogP contribution is -2.48. The second-order valence-electron chi connectivity index (χ2n) is 7.38. The van der Waals surface area contributed by atoms with Crippen molar-refractivity contribution in [3.05, 3.63) is 53.6 Å². The van der Waals surface area contributed by atoms with Crippen molar-refractivity contribution >= 4 is 29.0 Å². The topological polar surface area (TPSA) is 91.5 Å². The summed E-state index contributed by atoms with van der Waals surface area (Å²) in [5, 5.41) is 11.8. The van der Waals surface area contributed by atoms with E-state index in [0.29, 0.717) is 31.1 Å². The molecule has 29 heavy (non-hydrogen) atoms. The molecule has 2 aliphatic rings. The number of rotatable bonds is 4. The molecule has 2 aromatic carbocycles. The Labute approximate surface area is 170 Å². The lowest BCUT2D eigenvalue weighted by Gasteiger charge is -2.23. The summed E-state index contributed by atoms with van der Waals surface area (Å²) in [5.74, 6) is -0.151. The number of ether oxygens (including phenoxy) is 1. The highest BCUT2D eigenvalue weighted by molar-refractivity contribution is 6.01. The molecule has 4 N–H and O–H groups in total. The van der Waals surface area contributed by atoms with E-state index in [1.807, 2.05) is 12.1 Å². The molecule has 1 atom stereocenters. The van der Waals surface area contributed by atoms with Gasteiger partial charge in [0.2, 0.25) is 5.91 Å². The number of aryl methyl sites for hydroxylation is 1. The molecule has 1 saturated heterocycles. The molecule has 0 saturated carbocycles. The van der Waals surface area contributed by atoms with Gasteiger partial charge in [-0.15, -0.1) is 0 Å². The second kappa shape index (κ2) is 9.07. The molecule has 152 valence electrons. The van der Waals surface area contributed by atoms with Crippen molar-refractivity contribution in [1.82, 2.24) is 5.32 Å². The zero-order valence-electron chi connectivity index (χ0n) is 16.3. The van der Waals surface area contributed by atoms with E-state index in [-0.39, 0.29) is 18.0 Å². The van der Waals surface area contributed by atoms with Crippen LogP contribution in [0.4, 0.5) is 21.9 Å². The van der Waals surface area contributed by atoms with Crippen LogP contribution < -0.4 is 21.3 Å². The maximum absolute atomic E-state index is 12.5. The molecule has 0 bridgehead atoms. The molecule has 7 nitrogen and oxygen atoms in total. The van der Waals surface area contributed by atoms with E-state index < -0.39 is 0 Å². The Bertz CT molecular complexity index is 893. The summed E-state index contributed by atoms with van der Waals surface area (Å²) < 4.78 is 5.32. The highest BCUT2D eigenvalue weighted by atomic mass is 16.5. The Balaban J connectivity index is 1.38. The number of amides is 3. The third-order valence-corrected chi connectivity index (χ3v) is 5.27. The molecule has 2 aromatic rings. The highest BCUT2D eigenvalue weighted by Gasteiger charge is 2.21. The van der Waals surface area contributed by atoms with E-state index in [4.69, 9.17) is 4.74 Å². The Morgan fingerprint density at radius 3 is 2.59 bits per heavy atom. The largest absolute Gasteiger partial charge is 0.378 e. The predicted octanol–water partition coefficient (Wildman–Crippen LogP) is 3.14. The minimum atomic E-state index is -0.368. The highest BCUT2D eigenvalue weighted by Crippen LogP contribution is 2.28. The number of benzene rings is 2. The summed E-state index contributed by atoms with van der Waals surface area (Å²) in [6, 6.07) is 12.5. The first kappa shape index (κ1) is 19.4. The lowest BCUT2D eigenvalue weighted by atomic mass is 9.90. The first-order valence-corrected chi connectivity index (χ1v) is 10.1. The quantitative estimate of drug-likeness (QED) is 0.641. The van der Waals surface area contributed by atoms with Gasteiger partial charge in [0.1, 0.15) is 6.04 Å². The van der Waals surface area contributed by atoms with E-state index in [1.54, 1.807) is 24.3 Å². The van der Waals surface area contributed by atoms with E-state index >= 15 is 0 Å². The van der Waals surface area contributed by atoms with Crippen LogP contribution >= 0.6 is 0 Å². The molecule has 7 heteroatoms. The van der Waals surface area contributed by atoms with Gasteiger partial charge >= 0.3 is 6.03 Å². The lowest BCUT2D eigenvalue weighted by molar-refractivity contribution is -0.120. The van der Waals surface area contributed by atoms with Crippen LogP contribution in [0.2, 0.25) is 0 Å². The van der Waals surface area contributed by atoms with E-state index in [2.05, 4.69) is 27.3 Å². The number of morpholine rings is 1. The fourth-order valence-electron chi connectivity index (χ4n) is 3.82. The molecule has 0 radical (unpaired) electrons. The van der Waals surface area contributed by atoms with Gasteiger partial charge in [0, 0.05) is 23.6 Å². The zero-order valence-corrected chi connectivity index (χ0v) is 16.3. The van der Waals surface area contributed by atoms with Crippen LogP contribution in [0.25, 0.3) is 0 Å². The summed E-state index contributed by atoms with van der Waals surface area (Å²) in [5.41, 5.74) is 4.65. The molecule has 1 fully saturated rings. The van der Waals surface area contributed by atoms with Crippen LogP contribution in [-0.4, -0.2) is 37.7 Å². The van der Waals surface area contributed by atoms with Crippen molar-refractivity contribution in [1.29, 1.82) is 0 Å². The van der Waals surface area contributed by atoms with Crippen molar-refractivity contribution in [2.24, 2.45) is 0 Å². The molecule has 0 aromatic heterocycles. The maximum atomic E-state index is 12.5. The van der Waals surface area contributed by atoms with Crippen molar-refractivity contribution in [3.63, 3.8) is 0 Å². The Morgan fingerprint density at radius 1 is 0.966 bits per heavy atom. The minimum Gasteiger partial charge on any atom is -0.378 e. The normalized spacial score (nSPS) is 18.4. The predicted molar refractivity (Wildman–Crippen MR) is 113 cm³/mol. The summed E-state index contributed by atoms with van der Waals surface area (Å²) in [4.78, 5) is 24.8. The van der Waals surface area contributed by atoms with Crippen molar-refractivity contribution in [2.75, 3.05) is 35.7 Å². The first-order chi connectivity index (χ1) is 14.2. The van der Waals surface area contributed by atoms with E-state index in [1.165, 1.54) is 17.5 Å². The van der Waals surface area contributed by atoms with Crippen molar-refractivity contribution < 1.29 is 14.3 Å². The van der Waals surface area contributed by atoms with Gasteiger partial charge in [-0.25, -0.2) is 4.79 Å². The molecule has 0 spiro atoms. The van der Waals surface area contributed by atoms with Crippen LogP contribution in [0, 0.1) is 0 Å². The fraction of sp³-hybridized carbons (Fsp3) is 0.364. The molecule has 1 unspecified atom stereocenters. The summed E-state index contributed by atoms with van der Waals surface area (Å²) in [7, 11) is 0. The molecule has 1 aliphatic carbocycles. The standard InChI is InChI=1S/C22H26N4O3/c27-21(20-14-29-12-11-23-20)24-16-7-4-8-17(13-16)25-22(28)26-19-10-3-6-15-5-1-2-9-18(15)19/h3-4,6-8,10,13,20,23H,1-2,5,9,11-12,14H2,(H,24,27)(H2,25,26,28). The average Bonchev–Trinajstić information content (AvgIpc) is 2.75. The first-order valence-electron chi connectivity index (χ1n) is 10.1. The number of hydrogen-bond donors (Lipinski definition) is 4. The summed E-state index contributed by atoms with van der Waals surface area (Å²) in [6.07, 6.45) is 4.40. The van der Waals surface area contributed by atoms with E-state index in [9.17, 15) is 9.59 Å². The fourth-order valence-corrected chi connectivity index (χ4v) is 3.82. The smallest absolute Gasteiger partial charge is 0.323 e. The molecule has 4 rings (SSSR count). The SMILES string of the molecule is O=C(Nc1cccc(NC(=O)C2COCCN2)c1)Nc1cccc2c1CCCC2. The number of nitrogens with one attached hydrogen (secondary N) is 4. The van der Waals surface area contributed by atoms with Crippen LogP contribution in [0.5, 0.6) is 0 Å². The van der Waals surface area contributed by atoms with Gasteiger partial charge in [-0.2, -0.15) is 0 Å². The average molecular weight is 394 g/mol. The monoisotopic (exact) mass is 394 g/mol. The Kier molecular flexibility index (Phi) is 6.07. The third-order valence-electron chi connectivity index (χ3n) is 5.27. The van der Waals surface area contributed by atoms with Crippen LogP contribution in [0.3, 0.4) is 0 Å². The van der Waals surface area contributed by atoms with Gasteiger partial charge < -0.3 is 26.0 Å². The Morgan fingerprint density at radius 2 is 1.76 bits per heavy atom. The second-order valence-corrected chi connectivity index (χ2v) is 7.38. The number of hydrogen-bond acceptors (Lipinski definition) is 4. The van der Waals surface area contributed by atoms with Crippen LogP contribution in [0.15, 0.2) is 42.5 Å². The molecular weight excluding hydrogens is 368 g/mol. The summed E-state index contributed by atoms with van der Waals surface area (Å²) in [6.45, 7) is 1.62.